The van der Waals surface area contributed by atoms with Gasteiger partial charge in [-0.15, -0.1) is 0 Å². The Morgan fingerprint density at radius 1 is 1.04 bits per heavy atom. The minimum atomic E-state index is -0.413. The number of esters is 1. The number of rotatable bonds is 9. The Kier molecular flexibility index (Phi) is 7.48. The minimum Gasteiger partial charge on any atom is -0.486 e. The highest BCUT2D eigenvalue weighted by Crippen LogP contribution is 2.25. The highest BCUT2D eigenvalue weighted by Gasteiger charge is 2.30. The van der Waals surface area contributed by atoms with Crippen molar-refractivity contribution in [1.82, 2.24) is 0 Å². The van der Waals surface area contributed by atoms with Crippen LogP contribution in [0.2, 0.25) is 0 Å². The van der Waals surface area contributed by atoms with Crippen LogP contribution in [0.25, 0.3) is 0 Å². The summed E-state index contributed by atoms with van der Waals surface area (Å²) in [5, 5.41) is 0. The van der Waals surface area contributed by atoms with Crippen LogP contribution in [0, 0.1) is 5.92 Å². The molecular formula is C21H27NO3. The molecular weight excluding hydrogens is 314 g/mol. The first-order valence-corrected chi connectivity index (χ1v) is 8.79. The lowest BCUT2D eigenvalue weighted by Gasteiger charge is -2.31. The van der Waals surface area contributed by atoms with Crippen molar-refractivity contribution in [2.45, 2.75) is 38.9 Å². The van der Waals surface area contributed by atoms with Gasteiger partial charge in [0.05, 0.1) is 6.54 Å². The van der Waals surface area contributed by atoms with Crippen molar-refractivity contribution >= 4 is 5.97 Å². The zero-order valence-corrected chi connectivity index (χ0v) is 14.9. The topological polar surface area (TPSA) is 61.5 Å². The van der Waals surface area contributed by atoms with E-state index in [0.29, 0.717) is 0 Å². The van der Waals surface area contributed by atoms with Crippen molar-refractivity contribution in [2.75, 3.05) is 6.54 Å². The van der Waals surface area contributed by atoms with Crippen molar-refractivity contribution in [3.63, 3.8) is 0 Å². The number of carbonyl (C=O) groups excluding carboxylic acids is 1. The summed E-state index contributed by atoms with van der Waals surface area (Å²) in [6, 6.07) is 19.9. The molecule has 0 aliphatic heterocycles. The van der Waals surface area contributed by atoms with Gasteiger partial charge in [-0.2, -0.15) is 0 Å². The van der Waals surface area contributed by atoms with Crippen molar-refractivity contribution < 1.29 is 14.3 Å². The van der Waals surface area contributed by atoms with E-state index in [9.17, 15) is 4.79 Å². The van der Waals surface area contributed by atoms with E-state index in [1.54, 1.807) is 0 Å². The molecule has 4 nitrogen and oxygen atoms in total. The maximum Gasteiger partial charge on any atom is 0.320 e. The molecule has 134 valence electrons. The Morgan fingerprint density at radius 2 is 1.64 bits per heavy atom. The number of para-hydroxylation sites is 1. The highest BCUT2D eigenvalue weighted by atomic mass is 16.6. The first-order valence-electron chi connectivity index (χ1n) is 8.79. The van der Waals surface area contributed by atoms with Crippen LogP contribution in [0.15, 0.2) is 60.7 Å². The van der Waals surface area contributed by atoms with E-state index in [-0.39, 0.29) is 24.7 Å². The molecule has 0 unspecified atom stereocenters. The Labute approximate surface area is 150 Å². The van der Waals surface area contributed by atoms with E-state index >= 15 is 0 Å². The molecule has 0 amide bonds. The summed E-state index contributed by atoms with van der Waals surface area (Å²) in [6.45, 7) is 3.87. The van der Waals surface area contributed by atoms with Gasteiger partial charge in [-0.25, -0.2) is 0 Å². The lowest BCUT2D eigenvalue weighted by atomic mass is 9.89. The Bertz CT molecular complexity index is 630. The third-order valence-electron chi connectivity index (χ3n) is 4.29. The maximum atomic E-state index is 11.6. The summed E-state index contributed by atoms with van der Waals surface area (Å²) in [5.41, 5.74) is 6.63. The Balaban J connectivity index is 2.19. The molecule has 0 heterocycles. The zero-order valence-electron chi connectivity index (χ0n) is 14.9. The van der Waals surface area contributed by atoms with Crippen LogP contribution in [0.3, 0.4) is 0 Å². The van der Waals surface area contributed by atoms with E-state index in [0.717, 1.165) is 18.6 Å². The number of carbonyl (C=O) groups is 1. The monoisotopic (exact) mass is 341 g/mol. The number of ether oxygens (including phenoxy) is 2. The lowest BCUT2D eigenvalue weighted by Crippen LogP contribution is -2.41. The molecule has 0 aromatic heterocycles. The van der Waals surface area contributed by atoms with Crippen molar-refractivity contribution in [3.8, 4) is 5.75 Å². The van der Waals surface area contributed by atoms with E-state index in [2.05, 4.69) is 19.1 Å². The second-order valence-corrected chi connectivity index (χ2v) is 6.15. The molecule has 0 saturated heterocycles. The molecule has 0 bridgehead atoms. The molecule has 0 aliphatic carbocycles. The molecule has 0 aliphatic rings. The van der Waals surface area contributed by atoms with E-state index < -0.39 is 5.97 Å². The quantitative estimate of drug-likeness (QED) is 0.708. The van der Waals surface area contributed by atoms with Gasteiger partial charge >= 0.3 is 5.97 Å². The molecule has 2 aromatic carbocycles. The molecule has 3 atom stereocenters. The third kappa shape index (κ3) is 5.91. The largest absolute Gasteiger partial charge is 0.486 e. The standard InChI is InChI=1S/C21H27NO3/c1-3-18(14-17-10-6-4-7-11-17)21(16(2)24-20(23)15-22)25-19-12-8-5-9-13-19/h4-13,16,18,21H,3,14-15,22H2,1-2H3/t16-,18+,21-/m0/s1. The van der Waals surface area contributed by atoms with Gasteiger partial charge in [-0.05, 0) is 37.5 Å². The summed E-state index contributed by atoms with van der Waals surface area (Å²) < 4.78 is 11.7. The second kappa shape index (κ2) is 9.84. The maximum absolute atomic E-state index is 11.6. The average Bonchev–Trinajstić information content (AvgIpc) is 2.66. The molecule has 0 radical (unpaired) electrons. The average molecular weight is 341 g/mol. The van der Waals surface area contributed by atoms with Crippen LogP contribution in [0.1, 0.15) is 25.8 Å². The van der Waals surface area contributed by atoms with Crippen LogP contribution >= 0.6 is 0 Å². The highest BCUT2D eigenvalue weighted by molar-refractivity contribution is 5.71. The molecule has 2 N–H and O–H groups in total. The van der Waals surface area contributed by atoms with Gasteiger partial charge in [0.15, 0.2) is 0 Å². The van der Waals surface area contributed by atoms with Gasteiger partial charge in [0.25, 0.3) is 0 Å². The van der Waals surface area contributed by atoms with Gasteiger partial charge < -0.3 is 15.2 Å². The van der Waals surface area contributed by atoms with Gasteiger partial charge in [-0.3, -0.25) is 4.79 Å². The lowest BCUT2D eigenvalue weighted by molar-refractivity contribution is -0.152. The van der Waals surface area contributed by atoms with E-state index in [1.165, 1.54) is 5.56 Å². The van der Waals surface area contributed by atoms with E-state index in [1.807, 2.05) is 55.5 Å². The summed E-state index contributed by atoms with van der Waals surface area (Å²) >= 11 is 0. The first kappa shape index (κ1) is 19.0. The van der Waals surface area contributed by atoms with Crippen molar-refractivity contribution in [2.24, 2.45) is 11.7 Å². The van der Waals surface area contributed by atoms with Crippen molar-refractivity contribution in [1.29, 1.82) is 0 Å². The van der Waals surface area contributed by atoms with Crippen LogP contribution in [-0.2, 0) is 16.0 Å². The summed E-state index contributed by atoms with van der Waals surface area (Å²) in [7, 11) is 0. The molecule has 0 spiro atoms. The number of benzene rings is 2. The summed E-state index contributed by atoms with van der Waals surface area (Å²) in [4.78, 5) is 11.6. The molecule has 2 aromatic rings. The number of hydrogen-bond acceptors (Lipinski definition) is 4. The van der Waals surface area contributed by atoms with Crippen LogP contribution < -0.4 is 10.5 Å². The smallest absolute Gasteiger partial charge is 0.320 e. The fourth-order valence-corrected chi connectivity index (χ4v) is 2.96. The van der Waals surface area contributed by atoms with Gasteiger partial charge in [0.1, 0.15) is 18.0 Å². The summed E-state index contributed by atoms with van der Waals surface area (Å²) in [5.74, 6) is 0.571. The zero-order chi connectivity index (χ0) is 18.1. The van der Waals surface area contributed by atoms with Gasteiger partial charge in [0.2, 0.25) is 0 Å². The molecule has 0 fully saturated rings. The van der Waals surface area contributed by atoms with Crippen molar-refractivity contribution in [3.05, 3.63) is 66.2 Å². The van der Waals surface area contributed by atoms with E-state index in [4.69, 9.17) is 15.2 Å². The first-order chi connectivity index (χ1) is 12.1. The molecule has 25 heavy (non-hydrogen) atoms. The molecule has 0 saturated carbocycles. The molecule has 4 heteroatoms. The van der Waals surface area contributed by atoms with Crippen LogP contribution in [0.5, 0.6) is 5.75 Å². The Morgan fingerprint density at radius 3 is 2.20 bits per heavy atom. The van der Waals surface area contributed by atoms with Crippen LogP contribution in [-0.4, -0.2) is 24.7 Å². The molecule has 2 rings (SSSR count). The normalized spacial score (nSPS) is 14.4. The predicted octanol–water partition coefficient (Wildman–Crippen LogP) is 3.59. The van der Waals surface area contributed by atoms with Gasteiger partial charge in [-0.1, -0.05) is 55.5 Å². The number of nitrogens with two attached hydrogens (primary N) is 1. The minimum absolute atomic E-state index is 0.127. The third-order valence-corrected chi connectivity index (χ3v) is 4.29. The SMILES string of the molecule is CC[C@H](Cc1ccccc1)[C@@H](Oc1ccccc1)[C@H](C)OC(=O)CN. The summed E-state index contributed by atoms with van der Waals surface area (Å²) in [6.07, 6.45) is 1.14. The van der Waals surface area contributed by atoms with Gasteiger partial charge in [0, 0.05) is 5.92 Å². The fraction of sp³-hybridized carbons (Fsp3) is 0.381. The predicted molar refractivity (Wildman–Crippen MR) is 99.4 cm³/mol. The van der Waals surface area contributed by atoms with Crippen LogP contribution in [0.4, 0.5) is 0 Å². The fourth-order valence-electron chi connectivity index (χ4n) is 2.96. The Hall–Kier alpha value is -2.33. The number of hydrogen-bond donors (Lipinski definition) is 1. The second-order valence-electron chi connectivity index (χ2n) is 6.15.